The maximum Gasteiger partial charge on any atom is 0.254 e. The lowest BCUT2D eigenvalue weighted by Gasteiger charge is -2.32. The van der Waals surface area contributed by atoms with Crippen LogP contribution in [0.3, 0.4) is 0 Å². The molecule has 0 aromatic heterocycles. The summed E-state index contributed by atoms with van der Waals surface area (Å²) in [5, 5.41) is 2.94. The van der Waals surface area contributed by atoms with E-state index in [0.29, 0.717) is 17.9 Å². The molecule has 30 heavy (non-hydrogen) atoms. The average molecular weight is 400 g/mol. The van der Waals surface area contributed by atoms with Crippen molar-refractivity contribution in [1.82, 2.24) is 5.32 Å². The molecule has 2 amide bonds. The van der Waals surface area contributed by atoms with Crippen LogP contribution in [0.1, 0.15) is 33.9 Å². The first-order valence-electron chi connectivity index (χ1n) is 10.1. The van der Waals surface area contributed by atoms with E-state index in [4.69, 9.17) is 4.74 Å². The number of nitrogens with one attached hydrogen (secondary N) is 1. The van der Waals surface area contributed by atoms with Gasteiger partial charge in [0.15, 0.2) is 0 Å². The van der Waals surface area contributed by atoms with Crippen LogP contribution in [0.15, 0.2) is 78.9 Å². The summed E-state index contributed by atoms with van der Waals surface area (Å²) in [7, 11) is 1.56. The Balaban J connectivity index is 1.66. The highest BCUT2D eigenvalue weighted by atomic mass is 16.5. The van der Waals surface area contributed by atoms with Crippen LogP contribution in [-0.2, 0) is 11.2 Å². The number of carbonyl (C=O) groups is 2. The number of benzene rings is 3. The van der Waals surface area contributed by atoms with E-state index >= 15 is 0 Å². The van der Waals surface area contributed by atoms with Gasteiger partial charge in [0, 0.05) is 17.8 Å². The van der Waals surface area contributed by atoms with Gasteiger partial charge in [0.1, 0.15) is 11.8 Å². The van der Waals surface area contributed by atoms with Gasteiger partial charge >= 0.3 is 0 Å². The van der Waals surface area contributed by atoms with E-state index in [2.05, 4.69) is 11.4 Å². The number of aryl methyl sites for hydroxylation is 1. The fourth-order valence-electron chi connectivity index (χ4n) is 3.83. The molecule has 5 nitrogen and oxygen atoms in total. The minimum atomic E-state index is -0.781. The van der Waals surface area contributed by atoms with Crippen molar-refractivity contribution < 1.29 is 14.3 Å². The van der Waals surface area contributed by atoms with Crippen LogP contribution in [0, 0.1) is 0 Å². The highest BCUT2D eigenvalue weighted by molar-refractivity contribution is 6.03. The third-order valence-corrected chi connectivity index (χ3v) is 5.36. The highest BCUT2D eigenvalue weighted by Gasteiger charge is 2.31. The van der Waals surface area contributed by atoms with E-state index in [1.807, 2.05) is 48.5 Å². The zero-order valence-electron chi connectivity index (χ0n) is 16.9. The zero-order valence-corrected chi connectivity index (χ0v) is 16.9. The smallest absolute Gasteiger partial charge is 0.254 e. The lowest BCUT2D eigenvalue weighted by atomic mass is 9.99. The summed E-state index contributed by atoms with van der Waals surface area (Å²) in [4.78, 5) is 28.4. The van der Waals surface area contributed by atoms with Crippen LogP contribution in [0.2, 0.25) is 0 Å². The molecule has 1 atom stereocenters. The van der Waals surface area contributed by atoms with Gasteiger partial charge in [0.2, 0.25) is 0 Å². The molecule has 152 valence electrons. The molecule has 3 aromatic rings. The summed E-state index contributed by atoms with van der Waals surface area (Å²) in [5.41, 5.74) is 3.28. The van der Waals surface area contributed by atoms with E-state index in [0.717, 1.165) is 29.7 Å². The number of para-hydroxylation sites is 1. The van der Waals surface area contributed by atoms with Gasteiger partial charge in [-0.15, -0.1) is 0 Å². The molecule has 0 bridgehead atoms. The maximum atomic E-state index is 13.6. The van der Waals surface area contributed by atoms with Gasteiger partial charge in [-0.05, 0) is 48.2 Å². The largest absolute Gasteiger partial charge is 0.497 e. The van der Waals surface area contributed by atoms with E-state index in [1.54, 1.807) is 36.3 Å². The summed E-state index contributed by atoms with van der Waals surface area (Å²) >= 11 is 0. The van der Waals surface area contributed by atoms with Gasteiger partial charge in [-0.1, -0.05) is 54.6 Å². The molecule has 1 unspecified atom stereocenters. The van der Waals surface area contributed by atoms with Gasteiger partial charge in [-0.3, -0.25) is 9.59 Å². The second-order valence-electron chi connectivity index (χ2n) is 7.27. The third-order valence-electron chi connectivity index (χ3n) is 5.36. The number of methoxy groups -OCH3 is 1. The summed E-state index contributed by atoms with van der Waals surface area (Å²) in [5.74, 6) is 0.140. The summed E-state index contributed by atoms with van der Waals surface area (Å²) in [6.07, 6.45) is 1.85. The quantitative estimate of drug-likeness (QED) is 0.700. The van der Waals surface area contributed by atoms with Crippen LogP contribution in [0.25, 0.3) is 0 Å². The molecule has 1 heterocycles. The molecule has 0 saturated heterocycles. The minimum Gasteiger partial charge on any atom is -0.497 e. The molecule has 1 N–H and O–H groups in total. The Morgan fingerprint density at radius 1 is 0.967 bits per heavy atom. The SMILES string of the molecule is COc1cccc(C(=O)NC(C(=O)N2CCCc3ccccc32)c2ccccc2)c1. The molecule has 1 aliphatic rings. The average Bonchev–Trinajstić information content (AvgIpc) is 2.82. The molecular weight excluding hydrogens is 376 g/mol. The minimum absolute atomic E-state index is 0.135. The van der Waals surface area contributed by atoms with Crippen LogP contribution in [0.5, 0.6) is 5.75 Å². The number of amides is 2. The summed E-state index contributed by atoms with van der Waals surface area (Å²) in [6, 6.07) is 23.5. The first-order chi connectivity index (χ1) is 14.7. The monoisotopic (exact) mass is 400 g/mol. The lowest BCUT2D eigenvalue weighted by molar-refractivity contribution is -0.120. The lowest BCUT2D eigenvalue weighted by Crippen LogP contribution is -2.45. The van der Waals surface area contributed by atoms with Crippen molar-refractivity contribution in [2.75, 3.05) is 18.6 Å². The highest BCUT2D eigenvalue weighted by Crippen LogP contribution is 2.29. The van der Waals surface area contributed by atoms with E-state index in [9.17, 15) is 9.59 Å². The van der Waals surface area contributed by atoms with Gasteiger partial charge < -0.3 is 15.0 Å². The molecule has 0 saturated carbocycles. The van der Waals surface area contributed by atoms with Crippen molar-refractivity contribution in [3.05, 3.63) is 95.6 Å². The molecule has 0 radical (unpaired) electrons. The molecule has 5 heteroatoms. The number of ether oxygens (including phenoxy) is 1. The Morgan fingerprint density at radius 2 is 1.73 bits per heavy atom. The molecular formula is C25H24N2O3. The predicted molar refractivity (Wildman–Crippen MR) is 117 cm³/mol. The van der Waals surface area contributed by atoms with Crippen LogP contribution in [0.4, 0.5) is 5.69 Å². The van der Waals surface area contributed by atoms with Crippen LogP contribution >= 0.6 is 0 Å². The fraction of sp³-hybridized carbons (Fsp3) is 0.200. The van der Waals surface area contributed by atoms with Gasteiger partial charge in [-0.2, -0.15) is 0 Å². The predicted octanol–water partition coefficient (Wildman–Crippen LogP) is 4.15. The topological polar surface area (TPSA) is 58.6 Å². The Hall–Kier alpha value is -3.60. The molecule has 3 aromatic carbocycles. The van der Waals surface area contributed by atoms with Crippen molar-refractivity contribution in [2.45, 2.75) is 18.9 Å². The fourth-order valence-corrected chi connectivity index (χ4v) is 3.83. The normalized spacial score (nSPS) is 13.8. The zero-order chi connectivity index (χ0) is 20.9. The third kappa shape index (κ3) is 4.06. The maximum absolute atomic E-state index is 13.6. The van der Waals surface area contributed by atoms with E-state index in [1.165, 1.54) is 0 Å². The van der Waals surface area contributed by atoms with E-state index < -0.39 is 6.04 Å². The first-order valence-corrected chi connectivity index (χ1v) is 10.1. The van der Waals surface area contributed by atoms with Crippen LogP contribution < -0.4 is 15.0 Å². The second-order valence-corrected chi connectivity index (χ2v) is 7.27. The Labute approximate surface area is 176 Å². The Morgan fingerprint density at radius 3 is 2.53 bits per heavy atom. The van der Waals surface area contributed by atoms with E-state index in [-0.39, 0.29) is 11.8 Å². The van der Waals surface area contributed by atoms with Gasteiger partial charge in [0.05, 0.1) is 7.11 Å². The number of hydrogen-bond acceptors (Lipinski definition) is 3. The van der Waals surface area contributed by atoms with Crippen LogP contribution in [-0.4, -0.2) is 25.5 Å². The van der Waals surface area contributed by atoms with Crippen molar-refractivity contribution in [3.63, 3.8) is 0 Å². The van der Waals surface area contributed by atoms with Crippen molar-refractivity contribution in [2.24, 2.45) is 0 Å². The van der Waals surface area contributed by atoms with Crippen molar-refractivity contribution >= 4 is 17.5 Å². The number of carbonyl (C=O) groups excluding carboxylic acids is 2. The molecule has 0 aliphatic carbocycles. The first kappa shape index (κ1) is 19.7. The molecule has 4 rings (SSSR count). The molecule has 0 fully saturated rings. The number of fused-ring (bicyclic) bond motifs is 1. The number of hydrogen-bond donors (Lipinski definition) is 1. The Kier molecular flexibility index (Phi) is 5.80. The van der Waals surface area contributed by atoms with Crippen molar-refractivity contribution in [3.8, 4) is 5.75 Å². The Bertz CT molecular complexity index is 1050. The summed E-state index contributed by atoms with van der Waals surface area (Å²) < 4.78 is 5.22. The van der Waals surface area contributed by atoms with Crippen molar-refractivity contribution in [1.29, 1.82) is 0 Å². The second kappa shape index (κ2) is 8.82. The molecule has 1 aliphatic heterocycles. The van der Waals surface area contributed by atoms with Gasteiger partial charge in [0.25, 0.3) is 11.8 Å². The number of rotatable bonds is 5. The number of nitrogens with zero attached hydrogens (tertiary/aromatic N) is 1. The summed E-state index contributed by atoms with van der Waals surface area (Å²) in [6.45, 7) is 0.633. The standard InChI is InChI=1S/C25H24N2O3/c1-30-21-14-7-12-20(17-21)24(28)26-23(19-10-3-2-4-11-19)25(29)27-16-8-13-18-9-5-6-15-22(18)27/h2-7,9-12,14-15,17,23H,8,13,16H2,1H3,(H,26,28). The molecule has 0 spiro atoms. The number of anilines is 1. The van der Waals surface area contributed by atoms with Gasteiger partial charge in [-0.25, -0.2) is 0 Å².